The molecule has 0 saturated carbocycles. The van der Waals surface area contributed by atoms with E-state index < -0.39 is 29.3 Å². The molecule has 1 aliphatic carbocycles. The van der Waals surface area contributed by atoms with Crippen molar-refractivity contribution >= 4 is 6.21 Å². The van der Waals surface area contributed by atoms with Crippen molar-refractivity contribution in [1.29, 1.82) is 0 Å². The molecule has 0 radical (unpaired) electrons. The van der Waals surface area contributed by atoms with Crippen LogP contribution >= 0.6 is 0 Å². The van der Waals surface area contributed by atoms with E-state index in [1.54, 1.807) is 0 Å². The molecule has 1 N–H and O–H groups in total. The summed E-state index contributed by atoms with van der Waals surface area (Å²) in [6, 6.07) is -0.487. The van der Waals surface area contributed by atoms with Gasteiger partial charge in [0.05, 0.1) is 11.7 Å². The van der Waals surface area contributed by atoms with Crippen molar-refractivity contribution in [1.82, 2.24) is 20.0 Å². The number of aromatic amines is 1. The number of halogens is 6. The Labute approximate surface area is 284 Å². The summed E-state index contributed by atoms with van der Waals surface area (Å²) >= 11 is 0. The van der Waals surface area contributed by atoms with Crippen LogP contribution in [-0.2, 0) is 12.6 Å². The van der Waals surface area contributed by atoms with E-state index in [2.05, 4.69) is 10.1 Å². The molecule has 6 nitrogen and oxygen atoms in total. The fraction of sp³-hybridized carbons (Fsp3) is 0.594. The van der Waals surface area contributed by atoms with Crippen molar-refractivity contribution < 1.29 is 57.5 Å². The van der Waals surface area contributed by atoms with Gasteiger partial charge in [-0.3, -0.25) is 16.4 Å². The van der Waals surface area contributed by atoms with Gasteiger partial charge in [-0.1, -0.05) is 25.5 Å². The van der Waals surface area contributed by atoms with Crippen LogP contribution in [0.4, 0.5) is 26.3 Å². The van der Waals surface area contributed by atoms with Gasteiger partial charge in [-0.05, 0) is 69.9 Å². The Morgan fingerprint density at radius 2 is 1.84 bits per heavy atom. The molecule has 2 aliphatic heterocycles. The van der Waals surface area contributed by atoms with E-state index in [0.717, 1.165) is 38.3 Å². The number of nitrogens with zero attached hydrogens (tertiary/aromatic N) is 4. The van der Waals surface area contributed by atoms with E-state index >= 15 is 4.39 Å². The Hall–Kier alpha value is -2.10. The van der Waals surface area contributed by atoms with Crippen LogP contribution in [0.1, 0.15) is 94.5 Å². The van der Waals surface area contributed by atoms with Gasteiger partial charge in [0.15, 0.2) is 0 Å². The van der Waals surface area contributed by atoms with Crippen LogP contribution in [0.15, 0.2) is 50.3 Å². The van der Waals surface area contributed by atoms with E-state index in [4.69, 9.17) is 6.58 Å². The Kier molecular flexibility index (Phi) is 13.4. The van der Waals surface area contributed by atoms with E-state index in [-0.39, 0.29) is 73.2 Å². The van der Waals surface area contributed by atoms with Gasteiger partial charge in [0.1, 0.15) is 5.56 Å². The second kappa shape index (κ2) is 16.1. The van der Waals surface area contributed by atoms with Crippen molar-refractivity contribution in [2.75, 3.05) is 26.2 Å². The predicted molar refractivity (Wildman–Crippen MR) is 158 cm³/mol. The summed E-state index contributed by atoms with van der Waals surface area (Å²) in [5.41, 5.74) is -0.978. The number of hydrogen-bond donors (Lipinski definition) is 1. The predicted octanol–water partition coefficient (Wildman–Crippen LogP) is 7.62. The maximum Gasteiger partial charge on any atom is 0.422 e. The summed E-state index contributed by atoms with van der Waals surface area (Å²) in [6.45, 7) is 11.1. The van der Waals surface area contributed by atoms with E-state index in [1.807, 2.05) is 27.9 Å². The fourth-order valence-electron chi connectivity index (χ4n) is 6.15. The normalized spacial score (nSPS) is 22.4. The number of aromatic nitrogens is 2. The first-order valence-corrected chi connectivity index (χ1v) is 15.3. The molecular formula is C32H40F6N5OU-. The molecule has 45 heavy (non-hydrogen) atoms. The van der Waals surface area contributed by atoms with Crippen LogP contribution in [0.3, 0.4) is 0 Å². The molecule has 0 amide bonds. The Morgan fingerprint density at radius 3 is 2.53 bits per heavy atom. The van der Waals surface area contributed by atoms with Crippen LogP contribution in [0.25, 0.3) is 0 Å². The molecule has 0 fully saturated rings. The number of hydrogen-bond acceptors (Lipinski definition) is 5. The zero-order valence-corrected chi connectivity index (χ0v) is 29.9. The van der Waals surface area contributed by atoms with Gasteiger partial charge in [0, 0.05) is 81.0 Å². The SMILES string of the molecule is [CH-]=C(C1=C(F)CCN(C2CCc3c2n[nH]c(=O)c3C(F)(F)F)C1)N(CCC)CCCCCC1=C\CC\C=C(C(C)(F)F)/C=N/1.[U]. The second-order valence-corrected chi connectivity index (χ2v) is 11.7. The van der Waals surface area contributed by atoms with Crippen molar-refractivity contribution in [3.63, 3.8) is 0 Å². The van der Waals surface area contributed by atoms with Gasteiger partial charge < -0.3 is 9.80 Å². The average molecular weight is 863 g/mol. The molecule has 0 aromatic carbocycles. The van der Waals surface area contributed by atoms with Gasteiger partial charge in [0.2, 0.25) is 0 Å². The molecule has 3 heterocycles. The standard InChI is InChI=1S/C32H40F6N5O.U/c1-4-16-42(17-9-5-6-11-23-12-8-7-10-22(19-39-23)31(3,34)35)21(2)25-20-43(18-15-26(25)33)27-14-13-24-28(32(36,37)38)30(44)41-40-29(24)27;/h2,10,12,19,27H,4-9,11,13-18,20H2,1,3H3,(H,41,44);/q-1;/b22-10+,23-12-,39-19+;. The van der Waals surface area contributed by atoms with E-state index in [0.29, 0.717) is 56.6 Å². The minimum atomic E-state index is -4.79. The first-order chi connectivity index (χ1) is 20.8. The number of rotatable bonds is 12. The van der Waals surface area contributed by atoms with Crippen molar-refractivity contribution in [2.24, 2.45) is 4.99 Å². The molecule has 1 unspecified atom stereocenters. The number of unbranched alkanes of at least 4 members (excludes halogenated alkanes) is 2. The summed E-state index contributed by atoms with van der Waals surface area (Å²) in [6.07, 6.45) is 5.54. The van der Waals surface area contributed by atoms with Gasteiger partial charge in [-0.25, -0.2) is 18.3 Å². The summed E-state index contributed by atoms with van der Waals surface area (Å²) in [5.74, 6) is -3.26. The summed E-state index contributed by atoms with van der Waals surface area (Å²) in [4.78, 5) is 20.1. The number of nitrogens with one attached hydrogen (secondary N) is 1. The van der Waals surface area contributed by atoms with E-state index in [9.17, 15) is 26.7 Å². The van der Waals surface area contributed by atoms with E-state index in [1.165, 1.54) is 12.3 Å². The molecule has 4 rings (SSSR count). The van der Waals surface area contributed by atoms with Crippen LogP contribution in [0.5, 0.6) is 0 Å². The molecule has 246 valence electrons. The molecule has 0 saturated heterocycles. The molecule has 3 aliphatic rings. The number of alkyl halides is 5. The van der Waals surface area contributed by atoms with Gasteiger partial charge in [-0.15, -0.1) is 11.3 Å². The zero-order valence-electron chi connectivity index (χ0n) is 25.8. The smallest absolute Gasteiger partial charge is 0.405 e. The average Bonchev–Trinajstić information content (AvgIpc) is 3.35. The minimum Gasteiger partial charge on any atom is -0.405 e. The summed E-state index contributed by atoms with van der Waals surface area (Å²) in [5, 5.41) is 5.97. The number of aliphatic imine (C=N–C) groups is 1. The number of fused-ring (bicyclic) bond motifs is 1. The third-order valence-corrected chi connectivity index (χ3v) is 8.42. The Bertz CT molecular complexity index is 1390. The maximum absolute atomic E-state index is 15.2. The maximum atomic E-state index is 15.2. The topological polar surface area (TPSA) is 64.6 Å². The van der Waals surface area contributed by atoms with Gasteiger partial charge in [-0.2, -0.15) is 18.3 Å². The Balaban J connectivity index is 0.00000552. The number of H-pyrrole nitrogens is 1. The summed E-state index contributed by atoms with van der Waals surface area (Å²) < 4.78 is 83.4. The first kappa shape index (κ1) is 37.4. The molecule has 0 bridgehead atoms. The van der Waals surface area contributed by atoms with Gasteiger partial charge >= 0.3 is 6.18 Å². The zero-order chi connectivity index (χ0) is 32.1. The van der Waals surface area contributed by atoms with Crippen molar-refractivity contribution in [2.45, 2.75) is 96.2 Å². The van der Waals surface area contributed by atoms with Crippen LogP contribution in [0.2, 0.25) is 0 Å². The molecule has 1 atom stereocenters. The van der Waals surface area contributed by atoms with Crippen molar-refractivity contribution in [3.8, 4) is 0 Å². The largest absolute Gasteiger partial charge is 0.422 e. The molecule has 0 spiro atoms. The molecule has 1 aromatic heterocycles. The third kappa shape index (κ3) is 9.48. The quantitative estimate of drug-likeness (QED) is 0.134. The molecule has 13 heteroatoms. The second-order valence-electron chi connectivity index (χ2n) is 11.7. The molecule has 1 aromatic rings. The Morgan fingerprint density at radius 1 is 1.11 bits per heavy atom. The monoisotopic (exact) mass is 862 g/mol. The summed E-state index contributed by atoms with van der Waals surface area (Å²) in [7, 11) is 0. The fourth-order valence-corrected chi connectivity index (χ4v) is 6.15. The molecular weight excluding hydrogens is 822 g/mol. The minimum absolute atomic E-state index is 0. The van der Waals surface area contributed by atoms with Crippen LogP contribution in [-0.4, -0.2) is 58.3 Å². The number of allylic oxidation sites excluding steroid dienone is 4. The van der Waals surface area contributed by atoms with Crippen LogP contribution < -0.4 is 5.56 Å². The van der Waals surface area contributed by atoms with Crippen molar-refractivity contribution in [3.05, 3.63) is 74.3 Å². The van der Waals surface area contributed by atoms with Gasteiger partial charge in [0.25, 0.3) is 11.5 Å². The van der Waals surface area contributed by atoms with Crippen LogP contribution in [0, 0.1) is 37.7 Å². The first-order valence-electron chi connectivity index (χ1n) is 15.3. The third-order valence-electron chi connectivity index (χ3n) is 8.42.